The fourth-order valence-electron chi connectivity index (χ4n) is 7.97. The van der Waals surface area contributed by atoms with Crippen molar-refractivity contribution in [2.45, 2.75) is 73.6 Å². The van der Waals surface area contributed by atoms with Gasteiger partial charge >= 0.3 is 28.1 Å². The van der Waals surface area contributed by atoms with E-state index >= 15 is 0 Å². The lowest BCUT2D eigenvalue weighted by atomic mass is 10.1. The van der Waals surface area contributed by atoms with E-state index in [0.29, 0.717) is 0 Å². The van der Waals surface area contributed by atoms with Crippen LogP contribution in [0.2, 0.25) is 0 Å². The fourth-order valence-corrected chi connectivity index (χ4v) is 12.4. The van der Waals surface area contributed by atoms with E-state index in [4.69, 9.17) is 87.3 Å². The zero-order valence-electron chi connectivity index (χ0n) is 37.1. The molecule has 6 aromatic rings. The van der Waals surface area contributed by atoms with E-state index in [2.05, 4.69) is 61.6 Å². The van der Waals surface area contributed by atoms with Gasteiger partial charge in [0.25, 0.3) is 0 Å². The molecule has 35 nitrogen and oxygen atoms in total. The summed E-state index contributed by atoms with van der Waals surface area (Å²) >= 11 is 14.3. The van der Waals surface area contributed by atoms with Crippen LogP contribution in [0.15, 0.2) is 38.0 Å². The third-order valence-corrected chi connectivity index (χ3v) is 16.1. The number of aromatic nitrogens is 12. The Labute approximate surface area is 428 Å². The molecule has 16 atom stereocenters. The van der Waals surface area contributed by atoms with E-state index in [1.165, 1.54) is 32.7 Å². The van der Waals surface area contributed by atoms with Gasteiger partial charge in [0.1, 0.15) is 90.5 Å². The fraction of sp³-hybridized carbons (Fsp3) is 0.531. The molecule has 0 spiro atoms. The zero-order valence-corrected chi connectivity index (χ0v) is 43.2. The van der Waals surface area contributed by atoms with Crippen molar-refractivity contribution in [1.29, 1.82) is 0 Å². The van der Waals surface area contributed by atoms with Gasteiger partial charge in [-0.1, -0.05) is 12.2 Å². The van der Waals surface area contributed by atoms with E-state index in [1.54, 1.807) is 0 Å². The van der Waals surface area contributed by atoms with Crippen molar-refractivity contribution in [2.75, 3.05) is 50.2 Å². The maximum Gasteiger partial charge on any atom is 0.472 e. The highest BCUT2D eigenvalue weighted by atomic mass is 32.7. The molecule has 0 bridgehead atoms. The number of nitrogen functional groups attached to an aromatic ring is 3. The third-order valence-electron chi connectivity index (χ3n) is 11.2. The van der Waals surface area contributed by atoms with Crippen molar-refractivity contribution < 1.29 is 95.0 Å². The molecule has 3 aliphatic rings. The number of thiol groups is 1. The summed E-state index contributed by atoms with van der Waals surface area (Å²) in [5.74, 6) is -0.0911. The Morgan fingerprint density at radius 1 is 0.554 bits per heavy atom. The van der Waals surface area contributed by atoms with E-state index in [1.807, 2.05) is 0 Å². The molecule has 9 heterocycles. The van der Waals surface area contributed by atoms with Crippen LogP contribution in [0.3, 0.4) is 0 Å². The summed E-state index contributed by atoms with van der Waals surface area (Å²) in [5.41, 5.74) is 18.4. The highest BCUT2D eigenvalue weighted by molar-refractivity contribution is 8.44. The molecule has 404 valence electrons. The number of hydrogen-bond donors (Lipinski definition) is 12. The normalized spacial score (nSPS) is 30.7. The Kier molecular flexibility index (Phi) is 16.2. The summed E-state index contributed by atoms with van der Waals surface area (Å²) < 4.78 is 84.5. The van der Waals surface area contributed by atoms with Gasteiger partial charge in [0.2, 0.25) is 0 Å². The van der Waals surface area contributed by atoms with Crippen molar-refractivity contribution in [3.8, 4) is 0 Å². The van der Waals surface area contributed by atoms with Crippen molar-refractivity contribution in [1.82, 2.24) is 58.6 Å². The van der Waals surface area contributed by atoms with Gasteiger partial charge in [-0.05, 0) is 23.6 Å². The minimum atomic E-state index is -4.78. The Bertz CT molecular complexity index is 3220. The van der Waals surface area contributed by atoms with Crippen molar-refractivity contribution in [3.05, 3.63) is 38.0 Å². The first-order valence-electron chi connectivity index (χ1n) is 21.0. The average Bonchev–Trinajstić information content (AvgIpc) is 4.20. The Balaban J connectivity index is 0.928. The first-order valence-corrected chi connectivity index (χ1v) is 30.4. The molecule has 14 N–H and O–H groups in total. The first kappa shape index (κ1) is 55.2. The number of nitrogens with zero attached hydrogens (tertiary/aromatic N) is 12. The minimum absolute atomic E-state index is 0.0109. The third kappa shape index (κ3) is 11.7. The van der Waals surface area contributed by atoms with Gasteiger partial charge in [-0.25, -0.2) is 54.0 Å². The minimum Gasteiger partial charge on any atom is -0.394 e. The number of phosphoric acid groups is 1. The van der Waals surface area contributed by atoms with Gasteiger partial charge in [0, 0.05) is 0 Å². The lowest BCUT2D eigenvalue weighted by Crippen LogP contribution is -2.37. The number of anilines is 3. The van der Waals surface area contributed by atoms with Gasteiger partial charge in [-0.15, -0.1) is 0 Å². The summed E-state index contributed by atoms with van der Waals surface area (Å²) in [7, 11) is -4.78. The summed E-state index contributed by atoms with van der Waals surface area (Å²) in [6.45, 7) is -17.4. The number of phosphoric ester groups is 1. The maximum atomic E-state index is 12.4. The highest BCUT2D eigenvalue weighted by Gasteiger charge is 2.53. The maximum absolute atomic E-state index is 12.4. The van der Waals surface area contributed by atoms with E-state index in [-0.39, 0.29) is 50.9 Å². The molecule has 0 saturated carbocycles. The van der Waals surface area contributed by atoms with Crippen LogP contribution in [0.5, 0.6) is 0 Å². The second-order valence-corrected chi connectivity index (χ2v) is 25.7. The highest BCUT2D eigenvalue weighted by Crippen LogP contribution is 2.55. The van der Waals surface area contributed by atoms with Crippen LogP contribution in [0.25, 0.3) is 33.5 Å². The van der Waals surface area contributed by atoms with Gasteiger partial charge in [-0.3, -0.25) is 36.3 Å². The Hall–Kier alpha value is -3.56. The smallest absolute Gasteiger partial charge is 0.394 e. The molecule has 3 aliphatic heterocycles. The number of imidazole rings is 3. The molecule has 0 radical (unpaired) electrons. The number of ether oxygens (including phenoxy) is 3. The zero-order chi connectivity index (χ0) is 53.1. The molecule has 0 amide bonds. The topological polar surface area (TPSA) is 497 Å². The van der Waals surface area contributed by atoms with Crippen molar-refractivity contribution in [3.63, 3.8) is 0 Å². The number of hydrogen-bond acceptors (Lipinski definition) is 30. The summed E-state index contributed by atoms with van der Waals surface area (Å²) in [4.78, 5) is 79.9. The van der Waals surface area contributed by atoms with Crippen LogP contribution >= 0.6 is 40.3 Å². The number of nitrogens with two attached hydrogens (primary N) is 3. The average molecular weight is 1180 g/mol. The predicted octanol–water partition coefficient (Wildman–Crippen LogP) is -2.19. The van der Waals surface area contributed by atoms with E-state index in [9.17, 15) is 44.0 Å². The SMILES string of the molecule is Nc1ncnc2c1ncn2[C@@H]1O[C@H](COP(O)(=S)OC2C(O)[C@@H](COP(O)(=S)OC3C(O)[C@@H](COP(=O)(O)OCCO)O[C@H]3n3cnc4c(N)ncnc43)O[C@H]2n2cnc3c(N)ncnc32)C(O)C1OP(=O)(O)S. The lowest BCUT2D eigenvalue weighted by Gasteiger charge is -2.27. The standard InChI is InChI=1S/C32H43N15O20P4S3/c33-24-15-27(39-6-36-24)45(9-42-15)30-21(65-69(54,55)72)18(49)13(63-30)4-60-70(56,73)67-23-20(51)14(64-32(23)47-11-44-17-26(35)38-8-41-29(17)47)5-61-71(57,74)66-22-19(50)12(3-59-68(52,53)58-2-1-48)62-31(22)46-10-43-16-25(34)37-7-40-28(16)46/h6-14,18-23,30-32,48-51H,1-5H2,(H,52,53)(H,56,73)(H,57,74)(H2,33,36,39)(H2,34,37,40)(H2,35,38,41)(H2,54,55,72)/t12-,13-,14-,18?,19?,20?,21?,22?,23?,30-,31-,32-,70?,71?/m1/s1. The molecule has 3 saturated heterocycles. The molecule has 0 aliphatic carbocycles. The number of aliphatic hydroxyl groups is 4. The van der Waals surface area contributed by atoms with Gasteiger partial charge in [0.05, 0.1) is 52.0 Å². The second-order valence-electron chi connectivity index (χ2n) is 16.0. The van der Waals surface area contributed by atoms with Crippen LogP contribution in [0, 0.1) is 0 Å². The summed E-state index contributed by atoms with van der Waals surface area (Å²) in [6, 6.07) is 0. The van der Waals surface area contributed by atoms with Crippen molar-refractivity contribution >= 4 is 115 Å². The largest absolute Gasteiger partial charge is 0.472 e. The quantitative estimate of drug-likeness (QED) is 0.0269. The molecule has 0 aromatic carbocycles. The number of fused-ring (bicyclic) bond motifs is 3. The molecular weight excluding hydrogens is 1130 g/mol. The van der Waals surface area contributed by atoms with E-state index < -0.39 is 135 Å². The van der Waals surface area contributed by atoms with Crippen LogP contribution < -0.4 is 17.2 Å². The van der Waals surface area contributed by atoms with Gasteiger partial charge < -0.3 is 80.5 Å². The summed E-state index contributed by atoms with van der Waals surface area (Å²) in [6.07, 6.45) is -12.4. The molecule has 42 heteroatoms. The Morgan fingerprint density at radius 3 is 1.23 bits per heavy atom. The van der Waals surface area contributed by atoms with Gasteiger partial charge in [-0.2, -0.15) is 0 Å². The number of aliphatic hydroxyl groups excluding tert-OH is 4. The first-order chi connectivity index (χ1) is 34.9. The molecular formula is C32H43N15O20P4S3. The Morgan fingerprint density at radius 2 is 0.892 bits per heavy atom. The van der Waals surface area contributed by atoms with Crippen LogP contribution in [-0.2, 0) is 78.6 Å². The predicted molar refractivity (Wildman–Crippen MR) is 256 cm³/mol. The monoisotopic (exact) mass is 1180 g/mol. The van der Waals surface area contributed by atoms with Crippen molar-refractivity contribution in [2.24, 2.45) is 0 Å². The summed E-state index contributed by atoms with van der Waals surface area (Å²) in [5, 5.41) is 43.7. The van der Waals surface area contributed by atoms with Gasteiger partial charge in [0.15, 0.2) is 53.1 Å². The molecule has 74 heavy (non-hydrogen) atoms. The van der Waals surface area contributed by atoms with Crippen LogP contribution in [0.1, 0.15) is 18.7 Å². The van der Waals surface area contributed by atoms with Crippen LogP contribution in [0.4, 0.5) is 17.5 Å². The molecule has 3 fully saturated rings. The molecule has 6 aromatic heterocycles. The lowest BCUT2D eigenvalue weighted by molar-refractivity contribution is -0.0588. The van der Waals surface area contributed by atoms with E-state index in [0.717, 1.165) is 19.0 Å². The number of rotatable bonds is 21. The second kappa shape index (κ2) is 21.7. The van der Waals surface area contributed by atoms with Crippen LogP contribution in [-0.4, -0.2) is 187 Å². The molecule has 9 rings (SSSR count). The molecule has 10 unspecified atom stereocenters.